The van der Waals surface area contributed by atoms with E-state index in [1.54, 1.807) is 18.2 Å². The molecule has 130 valence electrons. The summed E-state index contributed by atoms with van der Waals surface area (Å²) in [5.41, 5.74) is 1.51. The lowest BCUT2D eigenvalue weighted by molar-refractivity contribution is -0.120. The molecule has 0 atom stereocenters. The molecule has 5 nitrogen and oxygen atoms in total. The maximum Gasteiger partial charge on any atom is 0.226 e. The highest BCUT2D eigenvalue weighted by Crippen LogP contribution is 2.22. The lowest BCUT2D eigenvalue weighted by Gasteiger charge is -2.17. The molecule has 6 heteroatoms. The van der Waals surface area contributed by atoms with Crippen LogP contribution in [-0.2, 0) is 11.2 Å². The number of hydrogen-bond acceptors (Lipinski definition) is 4. The van der Waals surface area contributed by atoms with Crippen LogP contribution in [0.15, 0.2) is 34.9 Å². The zero-order valence-corrected chi connectivity index (χ0v) is 15.0. The van der Waals surface area contributed by atoms with Crippen LogP contribution in [0.3, 0.4) is 0 Å². The van der Waals surface area contributed by atoms with E-state index in [-0.39, 0.29) is 12.3 Å². The number of nitrogens with one attached hydrogen (secondary N) is 1. The molecule has 1 N–H and O–H groups in total. The summed E-state index contributed by atoms with van der Waals surface area (Å²) in [6, 6.07) is 9.10. The molecule has 0 aliphatic heterocycles. The van der Waals surface area contributed by atoms with Crippen molar-refractivity contribution in [3.8, 4) is 11.3 Å². The summed E-state index contributed by atoms with van der Waals surface area (Å²) < 4.78 is 5.30. The van der Waals surface area contributed by atoms with E-state index in [4.69, 9.17) is 16.1 Å². The first kappa shape index (κ1) is 18.5. The number of carbonyl (C=O) groups is 1. The zero-order chi connectivity index (χ0) is 17.4. The molecule has 1 aromatic heterocycles. The fourth-order valence-corrected chi connectivity index (χ4v) is 2.57. The highest BCUT2D eigenvalue weighted by molar-refractivity contribution is 6.30. The molecule has 0 bridgehead atoms. The molecule has 0 unspecified atom stereocenters. The number of benzene rings is 1. The van der Waals surface area contributed by atoms with Crippen molar-refractivity contribution in [1.82, 2.24) is 15.4 Å². The molecule has 2 aromatic rings. The third-order valence-electron chi connectivity index (χ3n) is 3.90. The Morgan fingerprint density at radius 2 is 1.96 bits per heavy atom. The lowest BCUT2D eigenvalue weighted by Crippen LogP contribution is -2.30. The third-order valence-corrected chi connectivity index (χ3v) is 4.15. The Kier molecular flexibility index (Phi) is 7.28. The largest absolute Gasteiger partial charge is 0.356 e. The average molecular weight is 350 g/mol. The molecule has 1 heterocycles. The second-order valence-corrected chi connectivity index (χ2v) is 6.03. The van der Waals surface area contributed by atoms with Crippen LogP contribution in [-0.4, -0.2) is 42.1 Å². The Morgan fingerprint density at radius 3 is 2.62 bits per heavy atom. The van der Waals surface area contributed by atoms with E-state index >= 15 is 0 Å². The van der Waals surface area contributed by atoms with Gasteiger partial charge in [0.2, 0.25) is 5.91 Å². The van der Waals surface area contributed by atoms with Gasteiger partial charge in [0.1, 0.15) is 0 Å². The number of amides is 1. The van der Waals surface area contributed by atoms with Gasteiger partial charge in [0, 0.05) is 23.2 Å². The van der Waals surface area contributed by atoms with Gasteiger partial charge >= 0.3 is 0 Å². The molecular weight excluding hydrogens is 326 g/mol. The van der Waals surface area contributed by atoms with E-state index in [2.05, 4.69) is 29.2 Å². The van der Waals surface area contributed by atoms with Crippen LogP contribution in [0.5, 0.6) is 0 Å². The molecule has 0 saturated carbocycles. The van der Waals surface area contributed by atoms with Crippen molar-refractivity contribution in [1.29, 1.82) is 0 Å². The molecule has 0 radical (unpaired) electrons. The van der Waals surface area contributed by atoms with E-state index in [1.807, 2.05) is 12.1 Å². The van der Waals surface area contributed by atoms with Crippen LogP contribution >= 0.6 is 11.6 Å². The number of aromatic nitrogens is 1. The smallest absolute Gasteiger partial charge is 0.226 e. The van der Waals surface area contributed by atoms with Crippen LogP contribution < -0.4 is 5.32 Å². The molecule has 0 aliphatic rings. The van der Waals surface area contributed by atoms with Gasteiger partial charge in [-0.1, -0.05) is 30.6 Å². The van der Waals surface area contributed by atoms with Crippen LogP contribution in [0.2, 0.25) is 5.02 Å². The van der Waals surface area contributed by atoms with Gasteiger partial charge in [0.25, 0.3) is 0 Å². The van der Waals surface area contributed by atoms with Crippen LogP contribution in [0.1, 0.15) is 26.0 Å². The third kappa shape index (κ3) is 5.65. The number of nitrogens with zero attached hydrogens (tertiary/aromatic N) is 2. The SMILES string of the molecule is CCN(CC)CCCNC(=O)Cc1cc(-c2ccc(Cl)cc2)on1. The van der Waals surface area contributed by atoms with Gasteiger partial charge in [-0.25, -0.2) is 0 Å². The Morgan fingerprint density at radius 1 is 1.25 bits per heavy atom. The van der Waals surface area contributed by atoms with Crippen molar-refractivity contribution in [2.24, 2.45) is 0 Å². The van der Waals surface area contributed by atoms with Crippen molar-refractivity contribution in [2.75, 3.05) is 26.2 Å². The molecule has 0 aliphatic carbocycles. The van der Waals surface area contributed by atoms with Crippen molar-refractivity contribution in [3.63, 3.8) is 0 Å². The maximum atomic E-state index is 12.0. The topological polar surface area (TPSA) is 58.4 Å². The monoisotopic (exact) mass is 349 g/mol. The minimum Gasteiger partial charge on any atom is -0.356 e. The fourth-order valence-electron chi connectivity index (χ4n) is 2.44. The molecule has 2 rings (SSSR count). The number of carbonyl (C=O) groups excluding carboxylic acids is 1. The first-order chi connectivity index (χ1) is 11.6. The molecule has 0 saturated heterocycles. The normalized spacial score (nSPS) is 11.0. The first-order valence-corrected chi connectivity index (χ1v) is 8.70. The van der Waals surface area contributed by atoms with Crippen molar-refractivity contribution < 1.29 is 9.32 Å². The highest BCUT2D eigenvalue weighted by atomic mass is 35.5. The number of rotatable bonds is 9. The average Bonchev–Trinajstić information content (AvgIpc) is 3.04. The highest BCUT2D eigenvalue weighted by Gasteiger charge is 2.10. The summed E-state index contributed by atoms with van der Waals surface area (Å²) in [5.74, 6) is 0.599. The van der Waals surface area contributed by atoms with Gasteiger partial charge in [-0.05, 0) is 50.3 Å². The minimum absolute atomic E-state index is 0.0366. The standard InChI is InChI=1S/C18H24ClN3O2/c1-3-22(4-2)11-5-10-20-18(23)13-16-12-17(24-21-16)14-6-8-15(19)9-7-14/h6-9,12H,3-5,10-11,13H2,1-2H3,(H,20,23). The Bertz CT molecular complexity index is 636. The maximum absolute atomic E-state index is 12.0. The summed E-state index contributed by atoms with van der Waals surface area (Å²) in [6.07, 6.45) is 1.17. The summed E-state index contributed by atoms with van der Waals surface area (Å²) in [7, 11) is 0. The lowest BCUT2D eigenvalue weighted by atomic mass is 10.1. The van der Waals surface area contributed by atoms with Gasteiger partial charge < -0.3 is 14.7 Å². The van der Waals surface area contributed by atoms with E-state index in [9.17, 15) is 4.79 Å². The molecule has 0 spiro atoms. The van der Waals surface area contributed by atoms with Crippen molar-refractivity contribution in [3.05, 3.63) is 41.0 Å². The van der Waals surface area contributed by atoms with Crippen molar-refractivity contribution >= 4 is 17.5 Å². The van der Waals surface area contributed by atoms with E-state index in [1.165, 1.54) is 0 Å². The molecule has 1 aromatic carbocycles. The van der Waals surface area contributed by atoms with Gasteiger partial charge in [0.15, 0.2) is 5.76 Å². The first-order valence-electron chi connectivity index (χ1n) is 8.33. The predicted octanol–water partition coefficient (Wildman–Crippen LogP) is 3.39. The number of halogens is 1. The molecule has 1 amide bonds. The van der Waals surface area contributed by atoms with Crippen molar-refractivity contribution in [2.45, 2.75) is 26.7 Å². The van der Waals surface area contributed by atoms with Gasteiger partial charge in [-0.2, -0.15) is 0 Å². The van der Waals surface area contributed by atoms with Gasteiger partial charge in [-0.15, -0.1) is 0 Å². The molecule has 24 heavy (non-hydrogen) atoms. The van der Waals surface area contributed by atoms with Crippen LogP contribution in [0, 0.1) is 0 Å². The van der Waals surface area contributed by atoms with Crippen LogP contribution in [0.25, 0.3) is 11.3 Å². The van der Waals surface area contributed by atoms with Crippen LogP contribution in [0.4, 0.5) is 0 Å². The second kappa shape index (κ2) is 9.45. The Labute approximate surface area is 148 Å². The fraction of sp³-hybridized carbons (Fsp3) is 0.444. The minimum atomic E-state index is -0.0366. The van der Waals surface area contributed by atoms with Gasteiger partial charge in [0.05, 0.1) is 12.1 Å². The summed E-state index contributed by atoms with van der Waals surface area (Å²) >= 11 is 5.87. The van der Waals surface area contributed by atoms with E-state index in [0.717, 1.165) is 31.6 Å². The van der Waals surface area contributed by atoms with E-state index < -0.39 is 0 Å². The van der Waals surface area contributed by atoms with E-state index in [0.29, 0.717) is 23.0 Å². The zero-order valence-electron chi connectivity index (χ0n) is 14.2. The quantitative estimate of drug-likeness (QED) is 0.705. The number of hydrogen-bond donors (Lipinski definition) is 1. The second-order valence-electron chi connectivity index (χ2n) is 5.60. The summed E-state index contributed by atoms with van der Waals surface area (Å²) in [6.45, 7) is 8.04. The Balaban J connectivity index is 1.77. The Hall–Kier alpha value is -1.85. The van der Waals surface area contributed by atoms with Gasteiger partial charge in [-0.3, -0.25) is 4.79 Å². The predicted molar refractivity (Wildman–Crippen MR) is 96.1 cm³/mol. The summed E-state index contributed by atoms with van der Waals surface area (Å²) in [5, 5.41) is 7.56. The summed E-state index contributed by atoms with van der Waals surface area (Å²) in [4.78, 5) is 14.3. The molecule has 0 fully saturated rings. The molecular formula is C18H24ClN3O2.